The van der Waals surface area contributed by atoms with Gasteiger partial charge >= 0.3 is 0 Å². The summed E-state index contributed by atoms with van der Waals surface area (Å²) in [4.78, 5) is 2.66. The van der Waals surface area contributed by atoms with E-state index in [1.165, 1.54) is 77.5 Å². The van der Waals surface area contributed by atoms with Gasteiger partial charge in [0.05, 0.1) is 11.7 Å². The van der Waals surface area contributed by atoms with Gasteiger partial charge < -0.3 is 10.1 Å². The van der Waals surface area contributed by atoms with Gasteiger partial charge in [-0.1, -0.05) is 12.8 Å². The van der Waals surface area contributed by atoms with Crippen molar-refractivity contribution in [3.8, 4) is 0 Å². The lowest BCUT2D eigenvalue weighted by Crippen LogP contribution is -2.53. The predicted octanol–water partition coefficient (Wildman–Crippen LogP) is 2.16. The molecular weight excluding hydrogens is 236 g/mol. The first kappa shape index (κ1) is 12.6. The van der Waals surface area contributed by atoms with Crippen molar-refractivity contribution in [1.82, 2.24) is 10.2 Å². The summed E-state index contributed by atoms with van der Waals surface area (Å²) in [7, 11) is 0. The topological polar surface area (TPSA) is 24.5 Å². The Balaban J connectivity index is 1.29. The Kier molecular flexibility index (Phi) is 3.33. The number of rotatable bonds is 3. The Labute approximate surface area is 117 Å². The van der Waals surface area contributed by atoms with Crippen molar-refractivity contribution in [1.29, 1.82) is 0 Å². The summed E-state index contributed by atoms with van der Waals surface area (Å²) in [6, 6.07) is 0.774. The lowest BCUT2D eigenvalue weighted by molar-refractivity contribution is -0.0496. The first-order valence-electron chi connectivity index (χ1n) is 8.47. The number of hydrogen-bond acceptors (Lipinski definition) is 3. The van der Waals surface area contributed by atoms with Crippen LogP contribution in [0.3, 0.4) is 0 Å². The third-order valence-electron chi connectivity index (χ3n) is 5.80. The summed E-state index contributed by atoms with van der Waals surface area (Å²) in [5, 5.41) is 3.70. The van der Waals surface area contributed by atoms with E-state index >= 15 is 0 Å². The van der Waals surface area contributed by atoms with E-state index in [4.69, 9.17) is 4.74 Å². The summed E-state index contributed by atoms with van der Waals surface area (Å²) in [6.45, 7) is 4.85. The zero-order valence-corrected chi connectivity index (χ0v) is 12.1. The average Bonchev–Trinajstić information content (AvgIpc) is 3.08. The molecule has 2 atom stereocenters. The minimum absolute atomic E-state index is 0.314. The predicted molar refractivity (Wildman–Crippen MR) is 76.3 cm³/mol. The lowest BCUT2D eigenvalue weighted by Gasteiger charge is -2.35. The molecule has 19 heavy (non-hydrogen) atoms. The Hall–Kier alpha value is -0.120. The van der Waals surface area contributed by atoms with Gasteiger partial charge in [-0.2, -0.15) is 0 Å². The third kappa shape index (κ3) is 2.70. The maximum Gasteiger partial charge on any atom is 0.0710 e. The van der Waals surface area contributed by atoms with E-state index in [0.29, 0.717) is 11.7 Å². The van der Waals surface area contributed by atoms with Gasteiger partial charge in [-0.15, -0.1) is 0 Å². The fraction of sp³-hybridized carbons (Fsp3) is 1.00. The van der Waals surface area contributed by atoms with E-state index < -0.39 is 0 Å². The molecule has 4 fully saturated rings. The van der Waals surface area contributed by atoms with Gasteiger partial charge in [0.25, 0.3) is 0 Å². The number of ether oxygens (including phenoxy) is 1. The van der Waals surface area contributed by atoms with Crippen LogP contribution in [0, 0.1) is 5.92 Å². The summed E-state index contributed by atoms with van der Waals surface area (Å²) in [6.07, 6.45) is 11.5. The van der Waals surface area contributed by atoms with Crippen LogP contribution in [0.15, 0.2) is 0 Å². The van der Waals surface area contributed by atoms with Gasteiger partial charge in [-0.05, 0) is 44.4 Å². The van der Waals surface area contributed by atoms with E-state index in [9.17, 15) is 0 Å². The van der Waals surface area contributed by atoms with E-state index in [1.54, 1.807) is 0 Å². The molecule has 2 unspecified atom stereocenters. The second-order valence-corrected chi connectivity index (χ2v) is 7.33. The number of hydrogen-bond donors (Lipinski definition) is 1. The molecular formula is C16H28N2O. The van der Waals surface area contributed by atoms with Crippen LogP contribution in [0.1, 0.15) is 51.4 Å². The van der Waals surface area contributed by atoms with Crippen LogP contribution in [0.4, 0.5) is 0 Å². The summed E-state index contributed by atoms with van der Waals surface area (Å²) >= 11 is 0. The van der Waals surface area contributed by atoms with Crippen LogP contribution in [0.25, 0.3) is 0 Å². The number of nitrogens with zero attached hydrogens (tertiary/aromatic N) is 1. The lowest BCUT2D eigenvalue weighted by atomic mass is 9.98. The number of piperazine rings is 1. The highest BCUT2D eigenvalue weighted by atomic mass is 16.5. The van der Waals surface area contributed by atoms with Crippen molar-refractivity contribution >= 4 is 0 Å². The molecule has 1 spiro atoms. The van der Waals surface area contributed by atoms with Crippen molar-refractivity contribution in [2.45, 2.75) is 69.1 Å². The van der Waals surface area contributed by atoms with Crippen molar-refractivity contribution in [2.75, 3.05) is 26.2 Å². The minimum atomic E-state index is 0.314. The molecule has 4 aliphatic rings. The van der Waals surface area contributed by atoms with Crippen molar-refractivity contribution in [3.63, 3.8) is 0 Å². The molecule has 2 heterocycles. The SMILES string of the molecule is C1CCC2(C1)CCC(CN1CCNC(C3CC3)C1)O2. The van der Waals surface area contributed by atoms with Crippen LogP contribution in [-0.2, 0) is 4.74 Å². The molecule has 3 heteroatoms. The van der Waals surface area contributed by atoms with Crippen LogP contribution in [0.5, 0.6) is 0 Å². The van der Waals surface area contributed by atoms with Crippen LogP contribution >= 0.6 is 0 Å². The number of nitrogens with one attached hydrogen (secondary N) is 1. The molecule has 108 valence electrons. The fourth-order valence-corrected chi connectivity index (χ4v) is 4.52. The second-order valence-electron chi connectivity index (χ2n) is 7.33. The highest BCUT2D eigenvalue weighted by Gasteiger charge is 2.43. The van der Waals surface area contributed by atoms with Gasteiger partial charge in [0.15, 0.2) is 0 Å². The molecule has 3 nitrogen and oxygen atoms in total. The molecule has 0 bridgehead atoms. The molecule has 4 rings (SSSR count). The Morgan fingerprint density at radius 1 is 1.11 bits per heavy atom. The Morgan fingerprint density at radius 3 is 2.74 bits per heavy atom. The monoisotopic (exact) mass is 264 g/mol. The van der Waals surface area contributed by atoms with E-state index in [2.05, 4.69) is 10.2 Å². The second kappa shape index (κ2) is 5.01. The summed E-state index contributed by atoms with van der Waals surface area (Å²) in [5.41, 5.74) is 0.314. The highest BCUT2D eigenvalue weighted by Crippen LogP contribution is 2.43. The average molecular weight is 264 g/mol. The molecule has 2 aliphatic carbocycles. The van der Waals surface area contributed by atoms with E-state index in [0.717, 1.165) is 12.0 Å². The summed E-state index contributed by atoms with van der Waals surface area (Å²) < 4.78 is 6.46. The largest absolute Gasteiger partial charge is 0.370 e. The molecule has 0 radical (unpaired) electrons. The van der Waals surface area contributed by atoms with Gasteiger partial charge in [-0.25, -0.2) is 0 Å². The molecule has 2 saturated carbocycles. The van der Waals surface area contributed by atoms with Crippen molar-refractivity contribution < 1.29 is 4.74 Å². The molecule has 0 amide bonds. The third-order valence-corrected chi connectivity index (χ3v) is 5.80. The van der Waals surface area contributed by atoms with E-state index in [1.807, 2.05) is 0 Å². The fourth-order valence-electron chi connectivity index (χ4n) is 4.52. The molecule has 2 saturated heterocycles. The normalized spacial score (nSPS) is 39.2. The van der Waals surface area contributed by atoms with Crippen LogP contribution in [-0.4, -0.2) is 48.8 Å². The molecule has 0 aromatic carbocycles. The maximum absolute atomic E-state index is 6.46. The zero-order chi connectivity index (χ0) is 12.7. The van der Waals surface area contributed by atoms with Crippen LogP contribution < -0.4 is 5.32 Å². The Morgan fingerprint density at radius 2 is 1.95 bits per heavy atom. The van der Waals surface area contributed by atoms with Gasteiger partial charge in [0.2, 0.25) is 0 Å². The summed E-state index contributed by atoms with van der Waals surface area (Å²) in [5.74, 6) is 0.980. The smallest absolute Gasteiger partial charge is 0.0710 e. The standard InChI is InChI=1S/C16H28N2O/c1-2-7-16(6-1)8-5-14(19-16)11-18-10-9-17-15(12-18)13-3-4-13/h13-15,17H,1-12H2. The van der Waals surface area contributed by atoms with Gasteiger partial charge in [0, 0.05) is 32.2 Å². The highest BCUT2D eigenvalue weighted by molar-refractivity contribution is 4.95. The first-order chi connectivity index (χ1) is 9.33. The van der Waals surface area contributed by atoms with Gasteiger partial charge in [-0.3, -0.25) is 4.90 Å². The zero-order valence-electron chi connectivity index (χ0n) is 12.1. The molecule has 0 aromatic heterocycles. The van der Waals surface area contributed by atoms with Crippen LogP contribution in [0.2, 0.25) is 0 Å². The Bertz CT molecular complexity index is 323. The minimum Gasteiger partial charge on any atom is -0.370 e. The van der Waals surface area contributed by atoms with Crippen molar-refractivity contribution in [2.24, 2.45) is 5.92 Å². The molecule has 1 N–H and O–H groups in total. The van der Waals surface area contributed by atoms with E-state index in [-0.39, 0.29) is 0 Å². The molecule has 0 aromatic rings. The molecule has 2 aliphatic heterocycles. The van der Waals surface area contributed by atoms with Crippen molar-refractivity contribution in [3.05, 3.63) is 0 Å². The van der Waals surface area contributed by atoms with Gasteiger partial charge in [0.1, 0.15) is 0 Å². The first-order valence-corrected chi connectivity index (χ1v) is 8.47. The maximum atomic E-state index is 6.46. The quantitative estimate of drug-likeness (QED) is 0.845.